The topological polar surface area (TPSA) is 45.5 Å². The first-order chi connectivity index (χ1) is 9.58. The summed E-state index contributed by atoms with van der Waals surface area (Å²) in [5.74, 6) is 0.413. The van der Waals surface area contributed by atoms with Gasteiger partial charge in [0.25, 0.3) is 5.91 Å². The first kappa shape index (κ1) is 13.6. The van der Waals surface area contributed by atoms with Crippen LogP contribution in [0.5, 0.6) is 0 Å². The van der Waals surface area contributed by atoms with Gasteiger partial charge >= 0.3 is 0 Å². The van der Waals surface area contributed by atoms with Crippen LogP contribution in [-0.2, 0) is 0 Å². The highest BCUT2D eigenvalue weighted by molar-refractivity contribution is 9.10. The van der Waals surface area contributed by atoms with Gasteiger partial charge in [-0.1, -0.05) is 15.9 Å². The summed E-state index contributed by atoms with van der Waals surface area (Å²) in [6, 6.07) is 6.05. The van der Waals surface area contributed by atoms with E-state index in [1.165, 1.54) is 0 Å². The number of likely N-dealkylation sites (N-methyl/N-ethyl adjacent to an activating group) is 1. The van der Waals surface area contributed by atoms with Crippen LogP contribution in [0.25, 0.3) is 11.0 Å². The maximum Gasteiger partial charge on any atom is 0.289 e. The van der Waals surface area contributed by atoms with Crippen LogP contribution < -0.4 is 5.32 Å². The summed E-state index contributed by atoms with van der Waals surface area (Å²) in [6.45, 7) is 3.76. The molecule has 1 fully saturated rings. The molecule has 0 saturated carbocycles. The van der Waals surface area contributed by atoms with E-state index in [-0.39, 0.29) is 11.9 Å². The number of nitrogens with one attached hydrogen (secondary N) is 1. The summed E-state index contributed by atoms with van der Waals surface area (Å²) in [4.78, 5) is 14.4. The van der Waals surface area contributed by atoms with Crippen molar-refractivity contribution in [2.24, 2.45) is 0 Å². The average molecular weight is 337 g/mol. The normalized spacial score (nSPS) is 18.6. The molecule has 0 spiro atoms. The first-order valence-electron chi connectivity index (χ1n) is 6.74. The van der Waals surface area contributed by atoms with Crippen molar-refractivity contribution in [2.45, 2.75) is 19.4 Å². The molecular formula is C15H17BrN2O2. The molecule has 4 nitrogen and oxygen atoms in total. The minimum absolute atomic E-state index is 0.0384. The molecule has 1 aromatic carbocycles. The van der Waals surface area contributed by atoms with Crippen LogP contribution in [0.15, 0.2) is 27.1 Å². The molecule has 1 N–H and O–H groups in total. The number of hydrogen-bond acceptors (Lipinski definition) is 3. The summed E-state index contributed by atoms with van der Waals surface area (Å²) in [6.07, 6.45) is 0.993. The molecule has 0 aliphatic carbocycles. The van der Waals surface area contributed by atoms with Crippen molar-refractivity contribution < 1.29 is 9.21 Å². The van der Waals surface area contributed by atoms with Crippen LogP contribution in [-0.4, -0.2) is 37.0 Å². The Bertz CT molecular complexity index is 659. The van der Waals surface area contributed by atoms with E-state index in [0.717, 1.165) is 40.5 Å². The second kappa shape index (κ2) is 5.22. The van der Waals surface area contributed by atoms with Gasteiger partial charge in [-0.2, -0.15) is 0 Å². The average Bonchev–Trinajstić information content (AvgIpc) is 3.06. The summed E-state index contributed by atoms with van der Waals surface area (Å²) in [5.41, 5.74) is 1.66. The number of halogens is 1. The Morgan fingerprint density at radius 2 is 2.30 bits per heavy atom. The number of fused-ring (bicyclic) bond motifs is 1. The lowest BCUT2D eigenvalue weighted by molar-refractivity contribution is 0.0713. The van der Waals surface area contributed by atoms with Crippen molar-refractivity contribution in [1.82, 2.24) is 10.2 Å². The number of carbonyl (C=O) groups is 1. The Kier molecular flexibility index (Phi) is 3.56. The molecule has 3 rings (SSSR count). The highest BCUT2D eigenvalue weighted by Gasteiger charge is 2.27. The van der Waals surface area contributed by atoms with Gasteiger partial charge < -0.3 is 14.6 Å². The van der Waals surface area contributed by atoms with Gasteiger partial charge in [-0.25, -0.2) is 0 Å². The van der Waals surface area contributed by atoms with Crippen LogP contribution >= 0.6 is 15.9 Å². The number of furan rings is 1. The zero-order chi connectivity index (χ0) is 14.3. The second-order valence-corrected chi connectivity index (χ2v) is 6.18. The van der Waals surface area contributed by atoms with Crippen LogP contribution in [0, 0.1) is 6.92 Å². The summed E-state index contributed by atoms with van der Waals surface area (Å²) in [7, 11) is 1.85. The molecule has 2 aromatic rings. The van der Waals surface area contributed by atoms with Crippen molar-refractivity contribution in [1.29, 1.82) is 0 Å². The molecule has 1 amide bonds. The number of amides is 1. The minimum atomic E-state index is -0.0384. The monoisotopic (exact) mass is 336 g/mol. The van der Waals surface area contributed by atoms with Gasteiger partial charge in [0.1, 0.15) is 5.58 Å². The summed E-state index contributed by atoms with van der Waals surface area (Å²) < 4.78 is 6.75. The molecule has 1 aliphatic heterocycles. The van der Waals surface area contributed by atoms with Crippen LogP contribution in [0.3, 0.4) is 0 Å². The van der Waals surface area contributed by atoms with Gasteiger partial charge in [0.2, 0.25) is 0 Å². The van der Waals surface area contributed by atoms with E-state index in [1.54, 1.807) is 4.90 Å². The van der Waals surface area contributed by atoms with E-state index in [4.69, 9.17) is 4.42 Å². The second-order valence-electron chi connectivity index (χ2n) is 5.26. The van der Waals surface area contributed by atoms with E-state index in [2.05, 4.69) is 21.2 Å². The fourth-order valence-electron chi connectivity index (χ4n) is 2.69. The lowest BCUT2D eigenvalue weighted by Gasteiger charge is -2.22. The molecule has 0 bridgehead atoms. The zero-order valence-corrected chi connectivity index (χ0v) is 13.2. The smallest absolute Gasteiger partial charge is 0.289 e. The lowest BCUT2D eigenvalue weighted by Crippen LogP contribution is -2.38. The first-order valence-corrected chi connectivity index (χ1v) is 7.54. The van der Waals surface area contributed by atoms with Gasteiger partial charge in [-0.3, -0.25) is 4.79 Å². The van der Waals surface area contributed by atoms with Crippen molar-refractivity contribution in [2.75, 3.05) is 20.1 Å². The quantitative estimate of drug-likeness (QED) is 0.917. The van der Waals surface area contributed by atoms with Gasteiger partial charge in [-0.15, -0.1) is 0 Å². The van der Waals surface area contributed by atoms with Gasteiger partial charge in [0.15, 0.2) is 5.76 Å². The maximum absolute atomic E-state index is 12.6. The Hall–Kier alpha value is -1.33. The van der Waals surface area contributed by atoms with E-state index in [0.29, 0.717) is 5.76 Å². The van der Waals surface area contributed by atoms with Crippen LogP contribution in [0.2, 0.25) is 0 Å². The molecule has 1 aromatic heterocycles. The Morgan fingerprint density at radius 1 is 1.50 bits per heavy atom. The third-order valence-electron chi connectivity index (χ3n) is 3.99. The Morgan fingerprint density at radius 3 is 3.00 bits per heavy atom. The van der Waals surface area contributed by atoms with Crippen molar-refractivity contribution >= 4 is 32.8 Å². The fraction of sp³-hybridized carbons (Fsp3) is 0.400. The molecule has 5 heteroatoms. The lowest BCUT2D eigenvalue weighted by atomic mass is 10.1. The fourth-order valence-corrected chi connectivity index (χ4v) is 3.05. The molecule has 20 heavy (non-hydrogen) atoms. The molecule has 0 radical (unpaired) electrons. The third kappa shape index (κ3) is 2.25. The number of benzene rings is 1. The van der Waals surface area contributed by atoms with Crippen molar-refractivity contribution in [3.63, 3.8) is 0 Å². The Labute approximate surface area is 126 Å². The molecule has 106 valence electrons. The SMILES string of the molecule is Cc1c(C(=O)N(C)C2CCNC2)oc2ccc(Br)cc12. The Balaban J connectivity index is 1.96. The molecule has 1 saturated heterocycles. The van der Waals surface area contributed by atoms with Crippen LogP contribution in [0.1, 0.15) is 22.5 Å². The predicted molar refractivity (Wildman–Crippen MR) is 82.0 cm³/mol. The number of rotatable bonds is 2. The molecule has 1 unspecified atom stereocenters. The van der Waals surface area contributed by atoms with E-state index in [9.17, 15) is 4.79 Å². The number of carbonyl (C=O) groups excluding carboxylic acids is 1. The third-order valence-corrected chi connectivity index (χ3v) is 4.49. The van der Waals surface area contributed by atoms with Crippen molar-refractivity contribution in [3.8, 4) is 0 Å². The largest absolute Gasteiger partial charge is 0.451 e. The van der Waals surface area contributed by atoms with Gasteiger partial charge in [0.05, 0.1) is 0 Å². The summed E-state index contributed by atoms with van der Waals surface area (Å²) in [5, 5.41) is 4.26. The number of aryl methyl sites for hydroxylation is 1. The van der Waals surface area contributed by atoms with E-state index in [1.807, 2.05) is 32.2 Å². The maximum atomic E-state index is 12.6. The van der Waals surface area contributed by atoms with E-state index < -0.39 is 0 Å². The molecule has 1 atom stereocenters. The van der Waals surface area contributed by atoms with Crippen LogP contribution in [0.4, 0.5) is 0 Å². The highest BCUT2D eigenvalue weighted by Crippen LogP contribution is 2.29. The zero-order valence-electron chi connectivity index (χ0n) is 11.6. The van der Waals surface area contributed by atoms with Gasteiger partial charge in [0, 0.05) is 35.1 Å². The predicted octanol–water partition coefficient (Wildman–Crippen LogP) is 2.94. The number of hydrogen-bond donors (Lipinski definition) is 1. The minimum Gasteiger partial charge on any atom is -0.451 e. The summed E-state index contributed by atoms with van der Waals surface area (Å²) >= 11 is 3.45. The standard InChI is InChI=1S/C15H17BrN2O2/c1-9-12-7-10(16)3-4-13(12)20-14(9)15(19)18(2)11-5-6-17-8-11/h3-4,7,11,17H,5-6,8H2,1-2H3. The van der Waals surface area contributed by atoms with Gasteiger partial charge in [-0.05, 0) is 38.1 Å². The molecular weight excluding hydrogens is 320 g/mol. The molecule has 1 aliphatic rings. The van der Waals surface area contributed by atoms with E-state index >= 15 is 0 Å². The molecule has 2 heterocycles. The highest BCUT2D eigenvalue weighted by atomic mass is 79.9. The van der Waals surface area contributed by atoms with Crippen molar-refractivity contribution in [3.05, 3.63) is 34.0 Å². The number of nitrogens with zero attached hydrogens (tertiary/aromatic N) is 1.